The highest BCUT2D eigenvalue weighted by atomic mass is 35.5. The normalized spacial score (nSPS) is 20.4. The van der Waals surface area contributed by atoms with Crippen molar-refractivity contribution < 1.29 is 4.79 Å². The molecule has 0 radical (unpaired) electrons. The molecule has 1 fully saturated rings. The number of rotatable bonds is 4. The van der Waals surface area contributed by atoms with Gasteiger partial charge in [-0.2, -0.15) is 0 Å². The smallest absolute Gasteiger partial charge is 0.238 e. The molecule has 2 atom stereocenters. The minimum atomic E-state index is -0.228. The molecule has 3 rings (SSSR count). The molecule has 1 heterocycles. The molecule has 1 amide bonds. The van der Waals surface area contributed by atoms with E-state index in [9.17, 15) is 4.79 Å². The van der Waals surface area contributed by atoms with Crippen LogP contribution in [0.5, 0.6) is 0 Å². The SMILES string of the molecule is Cc1ccc(C2CC(C(=O)NCc3ccc(Cl)cc3)NN2)cc1. The van der Waals surface area contributed by atoms with Gasteiger partial charge in [-0.05, 0) is 36.6 Å². The average molecular weight is 330 g/mol. The van der Waals surface area contributed by atoms with Crippen LogP contribution in [0.25, 0.3) is 0 Å². The summed E-state index contributed by atoms with van der Waals surface area (Å²) >= 11 is 5.86. The Morgan fingerprint density at radius 2 is 1.83 bits per heavy atom. The van der Waals surface area contributed by atoms with E-state index in [4.69, 9.17) is 11.6 Å². The summed E-state index contributed by atoms with van der Waals surface area (Å²) in [4.78, 5) is 12.3. The Balaban J connectivity index is 1.53. The van der Waals surface area contributed by atoms with Gasteiger partial charge in [-0.3, -0.25) is 4.79 Å². The zero-order valence-corrected chi connectivity index (χ0v) is 13.7. The molecule has 1 saturated heterocycles. The fourth-order valence-corrected chi connectivity index (χ4v) is 2.79. The van der Waals surface area contributed by atoms with E-state index in [0.717, 1.165) is 12.0 Å². The van der Waals surface area contributed by atoms with E-state index in [-0.39, 0.29) is 18.0 Å². The molecule has 2 aromatic carbocycles. The lowest BCUT2D eigenvalue weighted by Crippen LogP contribution is -2.42. The predicted octanol–water partition coefficient (Wildman–Crippen LogP) is 2.87. The summed E-state index contributed by atoms with van der Waals surface area (Å²) in [6.45, 7) is 2.57. The van der Waals surface area contributed by atoms with E-state index in [1.807, 2.05) is 24.3 Å². The zero-order chi connectivity index (χ0) is 16.2. The average Bonchev–Trinajstić information content (AvgIpc) is 3.05. The quantitative estimate of drug-likeness (QED) is 0.808. The van der Waals surface area contributed by atoms with Crippen LogP contribution in [0.15, 0.2) is 48.5 Å². The van der Waals surface area contributed by atoms with E-state index in [0.29, 0.717) is 11.6 Å². The van der Waals surface area contributed by atoms with Gasteiger partial charge in [-0.25, -0.2) is 10.9 Å². The molecule has 4 nitrogen and oxygen atoms in total. The van der Waals surface area contributed by atoms with Gasteiger partial charge in [0.2, 0.25) is 5.91 Å². The van der Waals surface area contributed by atoms with Gasteiger partial charge in [0, 0.05) is 17.6 Å². The first-order valence-corrected chi connectivity index (χ1v) is 8.09. The van der Waals surface area contributed by atoms with Crippen LogP contribution in [0.3, 0.4) is 0 Å². The third kappa shape index (κ3) is 4.10. The second kappa shape index (κ2) is 7.13. The molecule has 120 valence electrons. The summed E-state index contributed by atoms with van der Waals surface area (Å²) in [5.41, 5.74) is 9.74. The van der Waals surface area contributed by atoms with E-state index in [2.05, 4.69) is 47.4 Å². The molecule has 2 aromatic rings. The Bertz CT molecular complexity index is 670. The highest BCUT2D eigenvalue weighted by Crippen LogP contribution is 2.22. The summed E-state index contributed by atoms with van der Waals surface area (Å²) in [6.07, 6.45) is 0.732. The van der Waals surface area contributed by atoms with Crippen molar-refractivity contribution in [3.05, 3.63) is 70.2 Å². The number of aryl methyl sites for hydroxylation is 1. The van der Waals surface area contributed by atoms with E-state index in [1.54, 1.807) is 0 Å². The largest absolute Gasteiger partial charge is 0.351 e. The number of hydrogen-bond donors (Lipinski definition) is 3. The highest BCUT2D eigenvalue weighted by molar-refractivity contribution is 6.30. The molecule has 0 bridgehead atoms. The Labute approximate surface area is 141 Å². The molecule has 1 aliphatic rings. The molecule has 2 unspecified atom stereocenters. The zero-order valence-electron chi connectivity index (χ0n) is 13.0. The molecule has 0 spiro atoms. The number of amides is 1. The van der Waals surface area contributed by atoms with Crippen molar-refractivity contribution in [2.75, 3.05) is 0 Å². The standard InChI is InChI=1S/C18H20ClN3O/c1-12-2-6-14(7-3-12)16-10-17(22-21-16)18(23)20-11-13-4-8-15(19)9-5-13/h2-9,16-17,21-22H,10-11H2,1H3,(H,20,23). The number of halogens is 1. The minimum absolute atomic E-state index is 0.00191. The third-order valence-electron chi connectivity index (χ3n) is 4.08. The van der Waals surface area contributed by atoms with E-state index in [1.165, 1.54) is 11.1 Å². The second-order valence-corrected chi connectivity index (χ2v) is 6.32. The van der Waals surface area contributed by atoms with Gasteiger partial charge in [0.05, 0.1) is 0 Å². The second-order valence-electron chi connectivity index (χ2n) is 5.88. The van der Waals surface area contributed by atoms with Crippen molar-refractivity contribution in [2.45, 2.75) is 32.0 Å². The summed E-state index contributed by atoms with van der Waals surface area (Å²) in [7, 11) is 0. The van der Waals surface area contributed by atoms with Gasteiger partial charge in [0.25, 0.3) is 0 Å². The monoisotopic (exact) mass is 329 g/mol. The first kappa shape index (κ1) is 16.0. The summed E-state index contributed by atoms with van der Waals surface area (Å²) in [5, 5.41) is 3.65. The predicted molar refractivity (Wildman–Crippen MR) is 91.9 cm³/mol. The van der Waals surface area contributed by atoms with Crippen LogP contribution in [0.2, 0.25) is 5.02 Å². The molecule has 0 aliphatic carbocycles. The van der Waals surface area contributed by atoms with Crippen LogP contribution >= 0.6 is 11.6 Å². The Hall–Kier alpha value is -1.88. The van der Waals surface area contributed by atoms with Crippen LogP contribution in [-0.2, 0) is 11.3 Å². The van der Waals surface area contributed by atoms with Gasteiger partial charge in [-0.1, -0.05) is 53.6 Å². The Kier molecular flexibility index (Phi) is 4.96. The van der Waals surface area contributed by atoms with Crippen molar-refractivity contribution in [3.63, 3.8) is 0 Å². The fourth-order valence-electron chi connectivity index (χ4n) is 2.66. The molecule has 23 heavy (non-hydrogen) atoms. The van der Waals surface area contributed by atoms with Gasteiger partial charge >= 0.3 is 0 Å². The summed E-state index contributed by atoms with van der Waals surface area (Å²) in [5.74, 6) is 0.00191. The van der Waals surface area contributed by atoms with Gasteiger partial charge in [0.15, 0.2) is 0 Å². The molecule has 1 aliphatic heterocycles. The maximum absolute atomic E-state index is 12.3. The molecule has 3 N–H and O–H groups in total. The molecular weight excluding hydrogens is 310 g/mol. The summed E-state index contributed by atoms with van der Waals surface area (Å²) in [6, 6.07) is 15.8. The Morgan fingerprint density at radius 1 is 1.13 bits per heavy atom. The number of benzene rings is 2. The van der Waals surface area contributed by atoms with Crippen molar-refractivity contribution in [2.24, 2.45) is 0 Å². The fraction of sp³-hybridized carbons (Fsp3) is 0.278. The Morgan fingerprint density at radius 3 is 2.52 bits per heavy atom. The number of hydrazine groups is 1. The van der Waals surface area contributed by atoms with Crippen LogP contribution < -0.4 is 16.2 Å². The first-order valence-electron chi connectivity index (χ1n) is 7.71. The molecule has 5 heteroatoms. The first-order chi connectivity index (χ1) is 11.1. The van der Waals surface area contributed by atoms with Crippen molar-refractivity contribution in [1.29, 1.82) is 0 Å². The number of carbonyl (C=O) groups is 1. The lowest BCUT2D eigenvalue weighted by Gasteiger charge is -2.11. The molecule has 0 saturated carbocycles. The van der Waals surface area contributed by atoms with Crippen molar-refractivity contribution in [1.82, 2.24) is 16.2 Å². The molecular formula is C18H20ClN3O. The number of hydrogen-bond acceptors (Lipinski definition) is 3. The van der Waals surface area contributed by atoms with Gasteiger partial charge < -0.3 is 5.32 Å². The molecule has 0 aromatic heterocycles. The maximum Gasteiger partial charge on any atom is 0.238 e. The van der Waals surface area contributed by atoms with E-state index >= 15 is 0 Å². The third-order valence-corrected chi connectivity index (χ3v) is 4.33. The van der Waals surface area contributed by atoms with Crippen LogP contribution in [-0.4, -0.2) is 11.9 Å². The van der Waals surface area contributed by atoms with Crippen molar-refractivity contribution in [3.8, 4) is 0 Å². The van der Waals surface area contributed by atoms with Crippen molar-refractivity contribution >= 4 is 17.5 Å². The van der Waals surface area contributed by atoms with Crippen LogP contribution in [0.1, 0.15) is 29.2 Å². The number of carbonyl (C=O) groups excluding carboxylic acids is 1. The van der Waals surface area contributed by atoms with Gasteiger partial charge in [-0.15, -0.1) is 0 Å². The summed E-state index contributed by atoms with van der Waals surface area (Å²) < 4.78 is 0. The van der Waals surface area contributed by atoms with Crippen LogP contribution in [0, 0.1) is 6.92 Å². The van der Waals surface area contributed by atoms with Gasteiger partial charge in [0.1, 0.15) is 6.04 Å². The maximum atomic E-state index is 12.3. The van der Waals surface area contributed by atoms with Crippen LogP contribution in [0.4, 0.5) is 0 Å². The number of nitrogens with one attached hydrogen (secondary N) is 3. The topological polar surface area (TPSA) is 53.2 Å². The lowest BCUT2D eigenvalue weighted by molar-refractivity contribution is -0.123. The van der Waals surface area contributed by atoms with E-state index < -0.39 is 0 Å². The highest BCUT2D eigenvalue weighted by Gasteiger charge is 2.29. The minimum Gasteiger partial charge on any atom is -0.351 e. The lowest BCUT2D eigenvalue weighted by atomic mass is 10.0.